The molecule has 0 aliphatic carbocycles. The van der Waals surface area contributed by atoms with Crippen molar-refractivity contribution >= 4 is 16.9 Å². The van der Waals surface area contributed by atoms with Gasteiger partial charge in [0.15, 0.2) is 5.65 Å². The van der Waals surface area contributed by atoms with Gasteiger partial charge < -0.3 is 9.64 Å². The maximum Gasteiger partial charge on any atom is 0.261 e. The highest BCUT2D eigenvalue weighted by Crippen LogP contribution is 2.27. The summed E-state index contributed by atoms with van der Waals surface area (Å²) in [4.78, 5) is 23.8. The molecule has 0 atom stereocenters. The molecule has 126 valence electrons. The molecular weight excluding hydrogens is 318 g/mol. The Bertz CT molecular complexity index is 981. The van der Waals surface area contributed by atoms with E-state index in [0.29, 0.717) is 31.1 Å². The molecule has 0 aromatic carbocycles. The number of carbonyl (C=O) groups is 1. The average molecular weight is 335 g/mol. The van der Waals surface area contributed by atoms with E-state index in [0.717, 1.165) is 41.7 Å². The molecule has 0 saturated heterocycles. The minimum Gasteiger partial charge on any atom is -0.477 e. The van der Waals surface area contributed by atoms with Crippen LogP contribution in [-0.2, 0) is 19.5 Å². The lowest BCUT2D eigenvalue weighted by atomic mass is 10.0. The fourth-order valence-electron chi connectivity index (χ4n) is 3.52. The molecule has 7 nitrogen and oxygen atoms in total. The first-order valence-corrected chi connectivity index (χ1v) is 8.51. The second-order valence-electron chi connectivity index (χ2n) is 6.41. The second kappa shape index (κ2) is 5.54. The van der Waals surface area contributed by atoms with Crippen molar-refractivity contribution in [2.45, 2.75) is 25.9 Å². The van der Waals surface area contributed by atoms with Crippen LogP contribution in [0.4, 0.5) is 0 Å². The number of amides is 1. The van der Waals surface area contributed by atoms with Gasteiger partial charge in [0.1, 0.15) is 5.56 Å². The maximum absolute atomic E-state index is 13.0. The summed E-state index contributed by atoms with van der Waals surface area (Å²) in [5.41, 5.74) is 3.43. The number of fused-ring (bicyclic) bond motifs is 3. The topological polar surface area (TPSA) is 73.1 Å². The normalized spacial score (nSPS) is 16.2. The van der Waals surface area contributed by atoms with Gasteiger partial charge in [-0.25, -0.2) is 14.6 Å². The van der Waals surface area contributed by atoms with Crippen molar-refractivity contribution in [2.75, 3.05) is 13.2 Å². The Kier molecular flexibility index (Phi) is 3.19. The predicted octanol–water partition coefficient (Wildman–Crippen LogP) is 1.81. The van der Waals surface area contributed by atoms with E-state index >= 15 is 0 Å². The molecule has 0 radical (unpaired) electrons. The Hall–Kier alpha value is -2.96. The Morgan fingerprint density at radius 2 is 2.24 bits per heavy atom. The first-order chi connectivity index (χ1) is 12.3. The molecule has 0 fully saturated rings. The molecule has 0 unspecified atom stereocenters. The van der Waals surface area contributed by atoms with E-state index < -0.39 is 0 Å². The van der Waals surface area contributed by atoms with E-state index in [1.807, 2.05) is 17.0 Å². The smallest absolute Gasteiger partial charge is 0.261 e. The van der Waals surface area contributed by atoms with Crippen LogP contribution in [-0.4, -0.2) is 43.7 Å². The molecule has 0 N–H and O–H groups in total. The fraction of sp³-hybridized carbons (Fsp3) is 0.333. The van der Waals surface area contributed by atoms with E-state index in [4.69, 9.17) is 4.74 Å². The molecule has 25 heavy (non-hydrogen) atoms. The zero-order valence-electron chi connectivity index (χ0n) is 13.7. The van der Waals surface area contributed by atoms with Gasteiger partial charge in [-0.2, -0.15) is 5.10 Å². The zero-order valence-corrected chi connectivity index (χ0v) is 13.7. The summed E-state index contributed by atoms with van der Waals surface area (Å²) in [6.07, 6.45) is 5.04. The third-order valence-electron chi connectivity index (χ3n) is 4.80. The lowest BCUT2D eigenvalue weighted by Crippen LogP contribution is -2.36. The highest BCUT2D eigenvalue weighted by molar-refractivity contribution is 5.96. The van der Waals surface area contributed by atoms with Crippen molar-refractivity contribution in [1.29, 1.82) is 0 Å². The Morgan fingerprint density at radius 1 is 1.28 bits per heavy atom. The van der Waals surface area contributed by atoms with E-state index in [2.05, 4.69) is 21.1 Å². The van der Waals surface area contributed by atoms with Gasteiger partial charge >= 0.3 is 0 Å². The lowest BCUT2D eigenvalue weighted by molar-refractivity contribution is 0.0727. The first-order valence-electron chi connectivity index (χ1n) is 8.51. The molecule has 3 aromatic rings. The zero-order chi connectivity index (χ0) is 16.8. The van der Waals surface area contributed by atoms with Crippen molar-refractivity contribution in [3.05, 3.63) is 47.4 Å². The maximum atomic E-state index is 13.0. The molecular formula is C18H17N5O2. The number of carbonyl (C=O) groups excluding carboxylic acids is 1. The van der Waals surface area contributed by atoms with Gasteiger partial charge in [0.05, 0.1) is 12.8 Å². The Balaban J connectivity index is 1.46. The van der Waals surface area contributed by atoms with Crippen LogP contribution in [0, 0.1) is 0 Å². The van der Waals surface area contributed by atoms with Crippen LogP contribution >= 0.6 is 0 Å². The predicted molar refractivity (Wildman–Crippen MR) is 90.3 cm³/mol. The number of aromatic nitrogens is 4. The average Bonchev–Trinajstić information content (AvgIpc) is 3.09. The summed E-state index contributed by atoms with van der Waals surface area (Å²) in [6, 6.07) is 5.99. The molecule has 0 spiro atoms. The summed E-state index contributed by atoms with van der Waals surface area (Å²) < 4.78 is 7.44. The molecule has 0 saturated carbocycles. The van der Waals surface area contributed by atoms with Crippen molar-refractivity contribution in [1.82, 2.24) is 24.6 Å². The van der Waals surface area contributed by atoms with Crippen LogP contribution in [0.25, 0.3) is 11.0 Å². The molecule has 5 rings (SSSR count). The minimum atomic E-state index is -0.0277. The van der Waals surface area contributed by atoms with Crippen LogP contribution in [0.1, 0.15) is 28.0 Å². The number of rotatable bonds is 1. The van der Waals surface area contributed by atoms with Gasteiger partial charge in [0.25, 0.3) is 5.91 Å². The molecule has 0 bridgehead atoms. The second-order valence-corrected chi connectivity index (χ2v) is 6.41. The van der Waals surface area contributed by atoms with Crippen molar-refractivity contribution < 1.29 is 9.53 Å². The highest BCUT2D eigenvalue weighted by Gasteiger charge is 2.28. The third kappa shape index (κ3) is 2.34. The van der Waals surface area contributed by atoms with Gasteiger partial charge in [0.2, 0.25) is 5.88 Å². The number of hydrogen-bond acceptors (Lipinski definition) is 5. The lowest BCUT2D eigenvalue weighted by Gasteiger charge is -2.28. The summed E-state index contributed by atoms with van der Waals surface area (Å²) in [7, 11) is 0. The summed E-state index contributed by atoms with van der Waals surface area (Å²) >= 11 is 0. The number of hydrogen-bond donors (Lipinski definition) is 0. The molecule has 2 aliphatic heterocycles. The van der Waals surface area contributed by atoms with Crippen molar-refractivity contribution in [2.24, 2.45) is 0 Å². The Labute approximate surface area is 144 Å². The third-order valence-corrected chi connectivity index (χ3v) is 4.80. The molecule has 2 aliphatic rings. The quantitative estimate of drug-likeness (QED) is 0.678. The number of pyridine rings is 2. The highest BCUT2D eigenvalue weighted by atomic mass is 16.5. The fourth-order valence-corrected chi connectivity index (χ4v) is 3.52. The van der Waals surface area contributed by atoms with Gasteiger partial charge in [-0.05, 0) is 23.8 Å². The van der Waals surface area contributed by atoms with E-state index in [1.54, 1.807) is 17.1 Å². The van der Waals surface area contributed by atoms with Crippen molar-refractivity contribution in [3.8, 4) is 5.88 Å². The summed E-state index contributed by atoms with van der Waals surface area (Å²) in [6.45, 7) is 2.63. The monoisotopic (exact) mass is 335 g/mol. The van der Waals surface area contributed by atoms with Gasteiger partial charge in [-0.15, -0.1) is 0 Å². The van der Waals surface area contributed by atoms with Gasteiger partial charge in [0, 0.05) is 49.8 Å². The minimum absolute atomic E-state index is 0.0277. The molecule has 5 heterocycles. The van der Waals surface area contributed by atoms with Crippen LogP contribution < -0.4 is 4.74 Å². The largest absolute Gasteiger partial charge is 0.477 e. The van der Waals surface area contributed by atoms with Crippen molar-refractivity contribution in [3.63, 3.8) is 0 Å². The molecule has 7 heteroatoms. The van der Waals surface area contributed by atoms with Gasteiger partial charge in [-0.3, -0.25) is 4.79 Å². The molecule has 3 aromatic heterocycles. The van der Waals surface area contributed by atoms with Crippen LogP contribution in [0.15, 0.2) is 30.6 Å². The molecule has 1 amide bonds. The number of aryl methyl sites for hydroxylation is 1. The number of nitrogens with zero attached hydrogens (tertiary/aromatic N) is 5. The number of ether oxygens (including phenoxy) is 1. The first kappa shape index (κ1) is 14.4. The standard InChI is InChI=1S/C18H17N5O2/c24-17(14-10-20-23-6-2-8-25-18(14)23)22-7-4-15-13(11-22)9-12-3-1-5-19-16(12)21-15/h1,3,5,9-10H,2,4,6-8,11H2. The van der Waals surface area contributed by atoms with Crippen LogP contribution in [0.2, 0.25) is 0 Å². The summed E-state index contributed by atoms with van der Waals surface area (Å²) in [5.74, 6) is 0.572. The SMILES string of the molecule is O=C(c1cnn2c1OCCC2)N1CCc2nc3ncccc3cc2C1. The summed E-state index contributed by atoms with van der Waals surface area (Å²) in [5, 5.41) is 5.28. The van der Waals surface area contributed by atoms with E-state index in [-0.39, 0.29) is 5.91 Å². The van der Waals surface area contributed by atoms with Crippen LogP contribution in [0.5, 0.6) is 5.88 Å². The van der Waals surface area contributed by atoms with E-state index in [1.165, 1.54) is 0 Å². The van der Waals surface area contributed by atoms with Crippen LogP contribution in [0.3, 0.4) is 0 Å². The van der Waals surface area contributed by atoms with Gasteiger partial charge in [-0.1, -0.05) is 0 Å². The van der Waals surface area contributed by atoms with E-state index in [9.17, 15) is 4.79 Å². The Morgan fingerprint density at radius 3 is 3.20 bits per heavy atom.